The molecule has 2 aliphatic rings. The van der Waals surface area contributed by atoms with Crippen LogP contribution in [-0.2, 0) is 6.42 Å². The zero-order valence-corrected chi connectivity index (χ0v) is 15.1. The van der Waals surface area contributed by atoms with E-state index in [0.29, 0.717) is 6.04 Å². The van der Waals surface area contributed by atoms with Gasteiger partial charge in [-0.25, -0.2) is 0 Å². The SMILES string of the molecule is CN=C(NC1CCC1)N1CCC(Cc2ccccc2)C1.I. The highest BCUT2D eigenvalue weighted by Gasteiger charge is 2.27. The molecular formula is C17H26IN3. The maximum absolute atomic E-state index is 4.46. The molecule has 4 heteroatoms. The number of benzene rings is 1. The molecule has 3 rings (SSSR count). The zero-order valence-electron chi connectivity index (χ0n) is 12.8. The van der Waals surface area contributed by atoms with Crippen LogP contribution in [0, 0.1) is 5.92 Å². The summed E-state index contributed by atoms with van der Waals surface area (Å²) in [5.74, 6) is 1.88. The van der Waals surface area contributed by atoms with Crippen LogP contribution in [0.3, 0.4) is 0 Å². The van der Waals surface area contributed by atoms with Gasteiger partial charge in [0, 0.05) is 26.2 Å². The molecule has 0 radical (unpaired) electrons. The van der Waals surface area contributed by atoms with Gasteiger partial charge in [-0.15, -0.1) is 24.0 Å². The third kappa shape index (κ3) is 4.34. The molecule has 0 aromatic heterocycles. The van der Waals surface area contributed by atoms with E-state index >= 15 is 0 Å². The van der Waals surface area contributed by atoms with E-state index in [0.717, 1.165) is 25.0 Å². The molecule has 1 aromatic carbocycles. The summed E-state index contributed by atoms with van der Waals surface area (Å²) in [6.45, 7) is 2.28. The van der Waals surface area contributed by atoms with Gasteiger partial charge in [-0.3, -0.25) is 4.99 Å². The van der Waals surface area contributed by atoms with Crippen LogP contribution < -0.4 is 5.32 Å². The highest BCUT2D eigenvalue weighted by molar-refractivity contribution is 14.0. The Bertz CT molecular complexity index is 456. The summed E-state index contributed by atoms with van der Waals surface area (Å²) in [5, 5.41) is 3.61. The van der Waals surface area contributed by atoms with E-state index in [1.807, 2.05) is 7.05 Å². The van der Waals surface area contributed by atoms with Crippen molar-refractivity contribution in [1.82, 2.24) is 10.2 Å². The summed E-state index contributed by atoms with van der Waals surface area (Å²) in [6.07, 6.45) is 6.45. The number of rotatable bonds is 3. The molecule has 1 aliphatic heterocycles. The fraction of sp³-hybridized carbons (Fsp3) is 0.588. The Morgan fingerprint density at radius 3 is 2.62 bits per heavy atom. The van der Waals surface area contributed by atoms with Crippen molar-refractivity contribution >= 4 is 29.9 Å². The minimum atomic E-state index is 0. The molecule has 1 aromatic rings. The lowest BCUT2D eigenvalue weighted by molar-refractivity contribution is 0.359. The van der Waals surface area contributed by atoms with Crippen molar-refractivity contribution in [3.05, 3.63) is 35.9 Å². The minimum Gasteiger partial charge on any atom is -0.354 e. The Morgan fingerprint density at radius 1 is 1.24 bits per heavy atom. The van der Waals surface area contributed by atoms with E-state index in [1.165, 1.54) is 37.7 Å². The number of hydrogen-bond donors (Lipinski definition) is 1. The lowest BCUT2D eigenvalue weighted by atomic mass is 9.93. The van der Waals surface area contributed by atoms with Crippen LogP contribution in [0.25, 0.3) is 0 Å². The van der Waals surface area contributed by atoms with Gasteiger partial charge in [-0.1, -0.05) is 30.3 Å². The average Bonchev–Trinajstić information content (AvgIpc) is 2.87. The molecule has 1 unspecified atom stereocenters. The van der Waals surface area contributed by atoms with E-state index in [2.05, 4.69) is 45.5 Å². The number of aliphatic imine (C=N–C) groups is 1. The van der Waals surface area contributed by atoms with Crippen molar-refractivity contribution in [3.8, 4) is 0 Å². The van der Waals surface area contributed by atoms with Crippen LogP contribution in [0.2, 0.25) is 0 Å². The van der Waals surface area contributed by atoms with Gasteiger partial charge < -0.3 is 10.2 Å². The first-order valence-electron chi connectivity index (χ1n) is 7.87. The summed E-state index contributed by atoms with van der Waals surface area (Å²) in [5.41, 5.74) is 1.46. The third-order valence-electron chi connectivity index (χ3n) is 4.60. The molecule has 2 fully saturated rings. The lowest BCUT2D eigenvalue weighted by Gasteiger charge is -2.31. The van der Waals surface area contributed by atoms with Crippen molar-refractivity contribution in [1.29, 1.82) is 0 Å². The number of likely N-dealkylation sites (tertiary alicyclic amines) is 1. The highest BCUT2D eigenvalue weighted by Crippen LogP contribution is 2.22. The predicted molar refractivity (Wildman–Crippen MR) is 99.4 cm³/mol. The second-order valence-corrected chi connectivity index (χ2v) is 6.11. The summed E-state index contributed by atoms with van der Waals surface area (Å²) < 4.78 is 0. The average molecular weight is 399 g/mol. The Labute approximate surface area is 145 Å². The van der Waals surface area contributed by atoms with Gasteiger partial charge in [0.1, 0.15) is 0 Å². The van der Waals surface area contributed by atoms with Crippen molar-refractivity contribution in [2.45, 2.75) is 38.1 Å². The molecular weight excluding hydrogens is 373 g/mol. The molecule has 0 spiro atoms. The molecule has 1 saturated heterocycles. The fourth-order valence-electron chi connectivity index (χ4n) is 3.17. The van der Waals surface area contributed by atoms with Gasteiger partial charge in [-0.2, -0.15) is 0 Å². The van der Waals surface area contributed by atoms with Crippen LogP contribution in [0.5, 0.6) is 0 Å². The van der Waals surface area contributed by atoms with Gasteiger partial charge in [0.05, 0.1) is 0 Å². The Morgan fingerprint density at radius 2 is 2.00 bits per heavy atom. The quantitative estimate of drug-likeness (QED) is 0.480. The maximum atomic E-state index is 4.46. The number of nitrogens with one attached hydrogen (secondary N) is 1. The second-order valence-electron chi connectivity index (χ2n) is 6.11. The monoisotopic (exact) mass is 399 g/mol. The lowest BCUT2D eigenvalue weighted by Crippen LogP contribution is -2.47. The predicted octanol–water partition coefficient (Wildman–Crippen LogP) is 3.30. The van der Waals surface area contributed by atoms with E-state index in [-0.39, 0.29) is 24.0 Å². The minimum absolute atomic E-state index is 0. The van der Waals surface area contributed by atoms with Crippen LogP contribution in [0.4, 0.5) is 0 Å². The maximum Gasteiger partial charge on any atom is 0.193 e. The van der Waals surface area contributed by atoms with Crippen molar-refractivity contribution < 1.29 is 0 Å². The van der Waals surface area contributed by atoms with Gasteiger partial charge in [0.2, 0.25) is 0 Å². The largest absolute Gasteiger partial charge is 0.354 e. The Hall–Kier alpha value is -0.780. The van der Waals surface area contributed by atoms with E-state index in [9.17, 15) is 0 Å². The number of hydrogen-bond acceptors (Lipinski definition) is 1. The van der Waals surface area contributed by atoms with Crippen LogP contribution in [-0.4, -0.2) is 37.0 Å². The molecule has 1 heterocycles. The van der Waals surface area contributed by atoms with Crippen LogP contribution in [0.1, 0.15) is 31.2 Å². The van der Waals surface area contributed by atoms with Gasteiger partial charge >= 0.3 is 0 Å². The molecule has 0 bridgehead atoms. The third-order valence-corrected chi connectivity index (χ3v) is 4.60. The smallest absolute Gasteiger partial charge is 0.193 e. The zero-order chi connectivity index (χ0) is 13.8. The summed E-state index contributed by atoms with van der Waals surface area (Å²) in [7, 11) is 1.91. The van der Waals surface area contributed by atoms with Crippen LogP contribution in [0.15, 0.2) is 35.3 Å². The first-order chi connectivity index (χ1) is 9.85. The summed E-state index contributed by atoms with van der Waals surface area (Å²) in [6, 6.07) is 11.5. The number of guanidine groups is 1. The number of nitrogens with zero attached hydrogens (tertiary/aromatic N) is 2. The normalized spacial score (nSPS) is 22.6. The molecule has 116 valence electrons. The molecule has 1 atom stereocenters. The van der Waals surface area contributed by atoms with Gasteiger partial charge in [0.25, 0.3) is 0 Å². The van der Waals surface area contributed by atoms with Crippen molar-refractivity contribution in [2.75, 3.05) is 20.1 Å². The molecule has 3 nitrogen and oxygen atoms in total. The van der Waals surface area contributed by atoms with Crippen LogP contribution >= 0.6 is 24.0 Å². The highest BCUT2D eigenvalue weighted by atomic mass is 127. The molecule has 1 saturated carbocycles. The Balaban J connectivity index is 0.00000161. The second kappa shape index (κ2) is 8.01. The van der Waals surface area contributed by atoms with Crippen molar-refractivity contribution in [3.63, 3.8) is 0 Å². The standard InChI is InChI=1S/C17H25N3.HI/c1-18-17(19-16-8-5-9-16)20-11-10-15(13-20)12-14-6-3-2-4-7-14;/h2-4,6-7,15-16H,5,8-13H2,1H3,(H,18,19);1H. The summed E-state index contributed by atoms with van der Waals surface area (Å²) in [4.78, 5) is 6.90. The fourth-order valence-corrected chi connectivity index (χ4v) is 3.17. The molecule has 1 N–H and O–H groups in total. The first kappa shape index (κ1) is 16.6. The van der Waals surface area contributed by atoms with Gasteiger partial charge in [0.15, 0.2) is 5.96 Å². The first-order valence-corrected chi connectivity index (χ1v) is 7.87. The summed E-state index contributed by atoms with van der Waals surface area (Å²) >= 11 is 0. The molecule has 21 heavy (non-hydrogen) atoms. The van der Waals surface area contributed by atoms with E-state index in [1.54, 1.807) is 0 Å². The number of halogens is 1. The van der Waals surface area contributed by atoms with E-state index in [4.69, 9.17) is 0 Å². The molecule has 0 amide bonds. The van der Waals surface area contributed by atoms with Crippen molar-refractivity contribution in [2.24, 2.45) is 10.9 Å². The van der Waals surface area contributed by atoms with Gasteiger partial charge in [-0.05, 0) is 43.6 Å². The van der Waals surface area contributed by atoms with E-state index < -0.39 is 0 Å². The Kier molecular flexibility index (Phi) is 6.33. The molecule has 1 aliphatic carbocycles. The topological polar surface area (TPSA) is 27.6 Å².